The lowest BCUT2D eigenvalue weighted by Gasteiger charge is -2.30. The minimum absolute atomic E-state index is 0.494. The number of anilines is 1. The number of thiazole rings is 1. The molecule has 1 fully saturated rings. The molecule has 2 atom stereocenters. The first-order chi connectivity index (χ1) is 11.1. The first-order valence-corrected chi connectivity index (χ1v) is 9.50. The van der Waals surface area contributed by atoms with Gasteiger partial charge in [0.1, 0.15) is 0 Å². The van der Waals surface area contributed by atoms with E-state index < -0.39 is 0 Å². The van der Waals surface area contributed by atoms with Crippen LogP contribution in [0.1, 0.15) is 37.6 Å². The minimum Gasteiger partial charge on any atom is -0.359 e. The van der Waals surface area contributed by atoms with Crippen molar-refractivity contribution in [2.24, 2.45) is 5.92 Å². The second-order valence-electron chi connectivity index (χ2n) is 6.30. The number of hydrogen-bond acceptors (Lipinski definition) is 3. The third-order valence-corrected chi connectivity index (χ3v) is 5.46. The van der Waals surface area contributed by atoms with Gasteiger partial charge in [-0.2, -0.15) is 0 Å². The zero-order valence-corrected chi connectivity index (χ0v) is 15.3. The molecular weight excluding hydrogens is 322 g/mol. The molecule has 2 N–H and O–H groups in total. The quantitative estimate of drug-likeness (QED) is 0.769. The number of aryl methyl sites for hydroxylation is 1. The van der Waals surface area contributed by atoms with Crippen molar-refractivity contribution >= 4 is 34.4 Å². The maximum atomic E-state index is 5.50. The Balaban J connectivity index is 1.64. The molecule has 0 bridgehead atoms. The molecule has 0 saturated heterocycles. The van der Waals surface area contributed by atoms with Crippen LogP contribution in [-0.2, 0) is 0 Å². The molecule has 0 spiro atoms. The van der Waals surface area contributed by atoms with E-state index in [9.17, 15) is 0 Å². The maximum absolute atomic E-state index is 5.50. The third kappa shape index (κ3) is 4.30. The molecule has 0 unspecified atom stereocenters. The lowest BCUT2D eigenvalue weighted by molar-refractivity contribution is 0.309. The van der Waals surface area contributed by atoms with E-state index in [0.29, 0.717) is 12.0 Å². The largest absolute Gasteiger partial charge is 0.359 e. The second kappa shape index (κ2) is 7.41. The van der Waals surface area contributed by atoms with E-state index in [1.165, 1.54) is 25.7 Å². The predicted octanol–water partition coefficient (Wildman–Crippen LogP) is 4.98. The van der Waals surface area contributed by atoms with Crippen LogP contribution in [0.25, 0.3) is 11.3 Å². The summed E-state index contributed by atoms with van der Waals surface area (Å²) in [7, 11) is 0. The smallest absolute Gasteiger partial charge is 0.171 e. The van der Waals surface area contributed by atoms with Crippen molar-refractivity contribution in [1.82, 2.24) is 10.3 Å². The van der Waals surface area contributed by atoms with E-state index >= 15 is 0 Å². The molecule has 0 aliphatic heterocycles. The van der Waals surface area contributed by atoms with E-state index in [1.54, 1.807) is 11.3 Å². The number of nitrogens with zero attached hydrogens (tertiary/aromatic N) is 1. The molecular formula is C18H23N3S2. The van der Waals surface area contributed by atoms with E-state index in [4.69, 9.17) is 12.2 Å². The summed E-state index contributed by atoms with van der Waals surface area (Å²) in [6.45, 7) is 4.34. The summed E-state index contributed by atoms with van der Waals surface area (Å²) in [5.74, 6) is 0.688. The molecule has 23 heavy (non-hydrogen) atoms. The Hall–Kier alpha value is -1.46. The highest BCUT2D eigenvalue weighted by Gasteiger charge is 2.21. The van der Waals surface area contributed by atoms with Crippen LogP contribution in [0.5, 0.6) is 0 Å². The molecule has 3 rings (SSSR count). The molecule has 3 nitrogen and oxygen atoms in total. The number of thiocarbonyl (C=S) groups is 1. The number of nitrogens with one attached hydrogen (secondary N) is 2. The maximum Gasteiger partial charge on any atom is 0.171 e. The highest BCUT2D eigenvalue weighted by Crippen LogP contribution is 2.25. The van der Waals surface area contributed by atoms with Crippen molar-refractivity contribution in [2.45, 2.75) is 45.6 Å². The van der Waals surface area contributed by atoms with Crippen LogP contribution < -0.4 is 10.6 Å². The van der Waals surface area contributed by atoms with E-state index in [2.05, 4.69) is 40.1 Å². The summed E-state index contributed by atoms with van der Waals surface area (Å²) in [5.41, 5.74) is 3.15. The number of benzene rings is 1. The third-order valence-electron chi connectivity index (χ3n) is 4.46. The van der Waals surface area contributed by atoms with Gasteiger partial charge in [-0.05, 0) is 50.0 Å². The van der Waals surface area contributed by atoms with Gasteiger partial charge in [0.15, 0.2) is 5.11 Å². The number of aromatic nitrogens is 1. The van der Waals surface area contributed by atoms with Crippen LogP contribution in [-0.4, -0.2) is 16.1 Å². The van der Waals surface area contributed by atoms with Crippen molar-refractivity contribution in [1.29, 1.82) is 0 Å². The molecule has 122 valence electrons. The van der Waals surface area contributed by atoms with Crippen molar-refractivity contribution < 1.29 is 0 Å². The zero-order chi connectivity index (χ0) is 16.2. The second-order valence-corrected chi connectivity index (χ2v) is 7.77. The normalized spacial score (nSPS) is 21.0. The van der Waals surface area contributed by atoms with Gasteiger partial charge in [0, 0.05) is 22.7 Å². The standard InChI is InChI=1S/C18H23N3S2/c1-12-6-3-4-9-16(12)21-18(22)20-15-8-5-7-14(10-15)17-11-23-13(2)19-17/h5,7-8,10-12,16H,3-4,6,9H2,1-2H3,(H2,20,21,22)/t12-,16+/m1/s1. The Kier molecular flexibility index (Phi) is 5.28. The van der Waals surface area contributed by atoms with Gasteiger partial charge in [-0.3, -0.25) is 0 Å². The van der Waals surface area contributed by atoms with Gasteiger partial charge < -0.3 is 10.6 Å². The Morgan fingerprint density at radius 3 is 2.87 bits per heavy atom. The van der Waals surface area contributed by atoms with Crippen molar-refractivity contribution in [3.8, 4) is 11.3 Å². The number of rotatable bonds is 3. The van der Waals surface area contributed by atoms with Crippen LogP contribution in [0.3, 0.4) is 0 Å². The fourth-order valence-corrected chi connectivity index (χ4v) is 4.01. The van der Waals surface area contributed by atoms with E-state index in [0.717, 1.165) is 27.1 Å². The lowest BCUT2D eigenvalue weighted by Crippen LogP contribution is -2.43. The van der Waals surface area contributed by atoms with Gasteiger partial charge in [0.2, 0.25) is 0 Å². The van der Waals surface area contributed by atoms with Gasteiger partial charge in [0.25, 0.3) is 0 Å². The summed E-state index contributed by atoms with van der Waals surface area (Å²) in [6, 6.07) is 8.76. The topological polar surface area (TPSA) is 37.0 Å². The fraction of sp³-hybridized carbons (Fsp3) is 0.444. The van der Waals surface area contributed by atoms with Crippen LogP contribution >= 0.6 is 23.6 Å². The molecule has 2 aromatic rings. The summed E-state index contributed by atoms with van der Waals surface area (Å²) in [5, 5.41) is 10.7. The first kappa shape index (κ1) is 16.4. The summed E-state index contributed by atoms with van der Waals surface area (Å²) in [4.78, 5) is 4.55. The van der Waals surface area contributed by atoms with E-state index in [1.807, 2.05) is 19.1 Å². The van der Waals surface area contributed by atoms with Gasteiger partial charge >= 0.3 is 0 Å². The highest BCUT2D eigenvalue weighted by atomic mass is 32.1. The van der Waals surface area contributed by atoms with Crippen LogP contribution in [0.15, 0.2) is 29.6 Å². The molecule has 5 heteroatoms. The molecule has 1 aliphatic rings. The van der Waals surface area contributed by atoms with Crippen molar-refractivity contribution in [3.05, 3.63) is 34.7 Å². The van der Waals surface area contributed by atoms with E-state index in [-0.39, 0.29) is 0 Å². The van der Waals surface area contributed by atoms with Gasteiger partial charge in [-0.1, -0.05) is 31.9 Å². The Morgan fingerprint density at radius 1 is 1.30 bits per heavy atom. The average Bonchev–Trinajstić information content (AvgIpc) is 2.96. The lowest BCUT2D eigenvalue weighted by atomic mass is 9.86. The Labute approximate surface area is 147 Å². The average molecular weight is 346 g/mol. The van der Waals surface area contributed by atoms with Crippen molar-refractivity contribution in [3.63, 3.8) is 0 Å². The zero-order valence-electron chi connectivity index (χ0n) is 13.6. The molecule has 1 aromatic heterocycles. The summed E-state index contributed by atoms with van der Waals surface area (Å²) in [6.07, 6.45) is 5.14. The minimum atomic E-state index is 0.494. The number of hydrogen-bond donors (Lipinski definition) is 2. The van der Waals surface area contributed by atoms with Gasteiger partial charge in [0.05, 0.1) is 10.7 Å². The molecule has 0 radical (unpaired) electrons. The molecule has 1 heterocycles. The summed E-state index contributed by atoms with van der Waals surface area (Å²) >= 11 is 7.17. The summed E-state index contributed by atoms with van der Waals surface area (Å²) < 4.78 is 0. The monoisotopic (exact) mass is 345 g/mol. The predicted molar refractivity (Wildman–Crippen MR) is 103 cm³/mol. The molecule has 1 saturated carbocycles. The molecule has 1 aromatic carbocycles. The van der Waals surface area contributed by atoms with Gasteiger partial charge in [-0.15, -0.1) is 11.3 Å². The van der Waals surface area contributed by atoms with Crippen LogP contribution in [0.2, 0.25) is 0 Å². The van der Waals surface area contributed by atoms with Crippen LogP contribution in [0, 0.1) is 12.8 Å². The fourth-order valence-electron chi connectivity index (χ4n) is 3.12. The van der Waals surface area contributed by atoms with Crippen LogP contribution in [0.4, 0.5) is 5.69 Å². The Morgan fingerprint density at radius 2 is 2.13 bits per heavy atom. The Bertz CT molecular complexity index is 680. The highest BCUT2D eigenvalue weighted by molar-refractivity contribution is 7.80. The SMILES string of the molecule is Cc1nc(-c2cccc(NC(=S)N[C@H]3CCCC[C@H]3C)c2)cs1. The first-order valence-electron chi connectivity index (χ1n) is 8.22. The van der Waals surface area contributed by atoms with Gasteiger partial charge in [-0.25, -0.2) is 4.98 Å². The molecule has 0 amide bonds. The van der Waals surface area contributed by atoms with Crippen molar-refractivity contribution in [2.75, 3.05) is 5.32 Å². The molecule has 1 aliphatic carbocycles.